The lowest BCUT2D eigenvalue weighted by Crippen LogP contribution is -2.15. The van der Waals surface area contributed by atoms with Crippen molar-refractivity contribution in [2.45, 2.75) is 11.5 Å². The summed E-state index contributed by atoms with van der Waals surface area (Å²) in [5, 5.41) is 4.78. The molecule has 1 aromatic heterocycles. The van der Waals surface area contributed by atoms with E-state index in [4.69, 9.17) is 9.47 Å². The fraction of sp³-hybridized carbons (Fsp3) is 0.200. The number of carbonyl (C=O) groups excluding carboxylic acids is 1. The summed E-state index contributed by atoms with van der Waals surface area (Å²) in [6.07, 6.45) is 0. The minimum Gasteiger partial charge on any atom is -0.486 e. The number of carbonyl (C=O) groups is 1. The van der Waals surface area contributed by atoms with Crippen molar-refractivity contribution >= 4 is 34.1 Å². The summed E-state index contributed by atoms with van der Waals surface area (Å²) in [6.45, 7) is -1.91. The molecule has 6 nitrogen and oxygen atoms in total. The number of amides is 1. The first-order chi connectivity index (χ1) is 14.6. The van der Waals surface area contributed by atoms with Gasteiger partial charge in [0, 0.05) is 15.8 Å². The highest BCUT2D eigenvalue weighted by Crippen LogP contribution is 2.35. The number of ether oxygens (including phenoxy) is 3. The molecule has 30 heavy (non-hydrogen) atoms. The van der Waals surface area contributed by atoms with E-state index in [0.717, 1.165) is 4.90 Å². The van der Waals surface area contributed by atoms with Crippen molar-refractivity contribution < 1.29 is 27.8 Å². The van der Waals surface area contributed by atoms with Crippen LogP contribution in [0.4, 0.5) is 13.9 Å². The molecule has 10 heteroatoms. The fourth-order valence-corrected chi connectivity index (χ4v) is 4.20. The van der Waals surface area contributed by atoms with E-state index in [9.17, 15) is 13.6 Å². The molecule has 3 aromatic rings. The number of alkyl halides is 2. The van der Waals surface area contributed by atoms with E-state index in [2.05, 4.69) is 15.0 Å². The van der Waals surface area contributed by atoms with Crippen LogP contribution in [0, 0.1) is 0 Å². The van der Waals surface area contributed by atoms with Crippen LogP contribution in [0.3, 0.4) is 0 Å². The van der Waals surface area contributed by atoms with Crippen LogP contribution >= 0.6 is 23.1 Å². The molecule has 1 aliphatic heterocycles. The predicted molar refractivity (Wildman–Crippen MR) is 111 cm³/mol. The van der Waals surface area contributed by atoms with Crippen LogP contribution < -0.4 is 19.5 Å². The van der Waals surface area contributed by atoms with E-state index >= 15 is 0 Å². The highest BCUT2D eigenvalue weighted by Gasteiger charge is 2.15. The van der Waals surface area contributed by atoms with E-state index < -0.39 is 6.61 Å². The smallest absolute Gasteiger partial charge is 0.387 e. The average molecular weight is 450 g/mol. The van der Waals surface area contributed by atoms with E-state index in [0.29, 0.717) is 41.1 Å². The van der Waals surface area contributed by atoms with E-state index in [-0.39, 0.29) is 17.4 Å². The maximum Gasteiger partial charge on any atom is 0.387 e. The fourth-order valence-electron chi connectivity index (χ4n) is 2.75. The number of halogens is 2. The largest absolute Gasteiger partial charge is 0.486 e. The summed E-state index contributed by atoms with van der Waals surface area (Å²) in [6, 6.07) is 11.9. The van der Waals surface area contributed by atoms with Crippen molar-refractivity contribution in [2.75, 3.05) is 24.3 Å². The van der Waals surface area contributed by atoms with Gasteiger partial charge in [-0.3, -0.25) is 4.79 Å². The SMILES string of the molecule is O=C(CSc1ccc2c(c1)OCCO2)Nc1nc(-c2ccccc2OC(F)F)cs1. The van der Waals surface area contributed by atoms with Gasteiger partial charge in [0.25, 0.3) is 0 Å². The van der Waals surface area contributed by atoms with Crippen molar-refractivity contribution in [1.82, 2.24) is 4.98 Å². The molecule has 2 aromatic carbocycles. The molecular formula is C20H16F2N2O4S2. The second-order valence-corrected chi connectivity index (χ2v) is 7.96. The van der Waals surface area contributed by atoms with Crippen molar-refractivity contribution in [3.8, 4) is 28.5 Å². The Balaban J connectivity index is 1.37. The molecule has 0 radical (unpaired) electrons. The summed E-state index contributed by atoms with van der Waals surface area (Å²) in [5.41, 5.74) is 0.881. The molecule has 0 unspecified atom stereocenters. The third kappa shape index (κ3) is 5.00. The van der Waals surface area contributed by atoms with Crippen molar-refractivity contribution in [1.29, 1.82) is 0 Å². The van der Waals surface area contributed by atoms with Gasteiger partial charge in [-0.2, -0.15) is 8.78 Å². The van der Waals surface area contributed by atoms with Gasteiger partial charge in [-0.25, -0.2) is 4.98 Å². The Morgan fingerprint density at radius 2 is 2.00 bits per heavy atom. The van der Waals surface area contributed by atoms with Gasteiger partial charge in [-0.1, -0.05) is 12.1 Å². The normalized spacial score (nSPS) is 12.6. The molecule has 1 aliphatic rings. The van der Waals surface area contributed by atoms with Crippen LogP contribution in [0.5, 0.6) is 17.2 Å². The molecule has 1 amide bonds. The van der Waals surface area contributed by atoms with E-state index in [1.807, 2.05) is 18.2 Å². The van der Waals surface area contributed by atoms with Crippen LogP contribution in [-0.2, 0) is 4.79 Å². The summed E-state index contributed by atoms with van der Waals surface area (Å²) < 4.78 is 40.8. The summed E-state index contributed by atoms with van der Waals surface area (Å²) in [4.78, 5) is 17.5. The number of rotatable bonds is 7. The molecule has 0 saturated carbocycles. The monoisotopic (exact) mass is 450 g/mol. The van der Waals surface area contributed by atoms with Crippen molar-refractivity contribution in [3.05, 3.63) is 47.8 Å². The molecule has 0 fully saturated rings. The average Bonchev–Trinajstić information content (AvgIpc) is 3.20. The lowest BCUT2D eigenvalue weighted by Gasteiger charge is -2.18. The molecular weight excluding hydrogens is 434 g/mol. The number of nitrogens with one attached hydrogen (secondary N) is 1. The van der Waals surface area contributed by atoms with Crippen LogP contribution in [0.15, 0.2) is 52.7 Å². The topological polar surface area (TPSA) is 69.7 Å². The van der Waals surface area contributed by atoms with E-state index in [1.54, 1.807) is 23.6 Å². The molecule has 0 atom stereocenters. The summed E-state index contributed by atoms with van der Waals surface area (Å²) >= 11 is 2.57. The van der Waals surface area contributed by atoms with Gasteiger partial charge < -0.3 is 19.5 Å². The second kappa shape index (κ2) is 9.31. The zero-order valence-electron chi connectivity index (χ0n) is 15.5. The summed E-state index contributed by atoms with van der Waals surface area (Å²) in [7, 11) is 0. The number of benzene rings is 2. The molecule has 156 valence electrons. The first-order valence-corrected chi connectivity index (χ1v) is 10.8. The summed E-state index contributed by atoms with van der Waals surface area (Å²) in [5.74, 6) is 1.35. The Kier molecular flexibility index (Phi) is 6.34. The Hall–Kier alpha value is -2.85. The number of thioether (sulfide) groups is 1. The van der Waals surface area contributed by atoms with Crippen LogP contribution in [0.25, 0.3) is 11.3 Å². The number of fused-ring (bicyclic) bond motifs is 1. The highest BCUT2D eigenvalue weighted by atomic mass is 32.2. The van der Waals surface area contributed by atoms with Gasteiger partial charge >= 0.3 is 6.61 Å². The minimum atomic E-state index is -2.93. The minimum absolute atomic E-state index is 0.0323. The zero-order chi connectivity index (χ0) is 20.9. The lowest BCUT2D eigenvalue weighted by atomic mass is 10.1. The second-order valence-electron chi connectivity index (χ2n) is 6.05. The number of nitrogens with zero attached hydrogens (tertiary/aromatic N) is 1. The Morgan fingerprint density at radius 1 is 1.20 bits per heavy atom. The van der Waals surface area contributed by atoms with Gasteiger partial charge in [-0.05, 0) is 30.3 Å². The maximum atomic E-state index is 12.6. The predicted octanol–water partition coefficient (Wildman–Crippen LogP) is 4.91. The molecule has 2 heterocycles. The first kappa shape index (κ1) is 20.4. The van der Waals surface area contributed by atoms with Crippen LogP contribution in [0.1, 0.15) is 0 Å². The third-order valence-corrected chi connectivity index (χ3v) is 5.76. The van der Waals surface area contributed by atoms with Gasteiger partial charge in [0.05, 0.1) is 11.4 Å². The molecule has 1 N–H and O–H groups in total. The Labute approximate surface area is 179 Å². The first-order valence-electron chi connectivity index (χ1n) is 8.90. The van der Waals surface area contributed by atoms with Crippen LogP contribution in [0.2, 0.25) is 0 Å². The highest BCUT2D eigenvalue weighted by molar-refractivity contribution is 8.00. The van der Waals surface area contributed by atoms with Crippen LogP contribution in [-0.4, -0.2) is 36.5 Å². The third-order valence-electron chi connectivity index (χ3n) is 4.01. The van der Waals surface area contributed by atoms with Crippen molar-refractivity contribution in [3.63, 3.8) is 0 Å². The van der Waals surface area contributed by atoms with E-state index in [1.165, 1.54) is 29.2 Å². The van der Waals surface area contributed by atoms with Gasteiger partial charge in [-0.15, -0.1) is 23.1 Å². The standard InChI is InChI=1S/C20H16F2N2O4S2/c21-19(22)28-15-4-2-1-3-13(15)14-10-30-20(23-14)24-18(25)11-29-12-5-6-16-17(9-12)27-8-7-26-16/h1-6,9-10,19H,7-8,11H2,(H,23,24,25). The Bertz CT molecular complexity index is 1050. The molecule has 0 spiro atoms. The number of thiazole rings is 1. The molecule has 0 saturated heterocycles. The lowest BCUT2D eigenvalue weighted by molar-refractivity contribution is -0.113. The number of hydrogen-bond acceptors (Lipinski definition) is 7. The van der Waals surface area contributed by atoms with Gasteiger partial charge in [0.1, 0.15) is 19.0 Å². The van der Waals surface area contributed by atoms with Gasteiger partial charge in [0.15, 0.2) is 16.6 Å². The quantitative estimate of drug-likeness (QED) is 0.516. The number of aromatic nitrogens is 1. The maximum absolute atomic E-state index is 12.6. The van der Waals surface area contributed by atoms with Gasteiger partial charge in [0.2, 0.25) is 5.91 Å². The number of hydrogen-bond donors (Lipinski definition) is 1. The molecule has 0 aliphatic carbocycles. The van der Waals surface area contributed by atoms with Crippen molar-refractivity contribution in [2.24, 2.45) is 0 Å². The number of para-hydroxylation sites is 1. The zero-order valence-corrected chi connectivity index (χ0v) is 17.1. The number of anilines is 1. The molecule has 0 bridgehead atoms. The molecule has 4 rings (SSSR count). The Morgan fingerprint density at radius 3 is 2.83 bits per heavy atom.